The average molecular weight is 269 g/mol. The smallest absolute Gasteiger partial charge is 0.236 e. The Bertz CT molecular complexity index is 332. The van der Waals surface area contributed by atoms with E-state index in [0.29, 0.717) is 19.4 Å². The van der Waals surface area contributed by atoms with Crippen molar-refractivity contribution in [2.24, 2.45) is 16.3 Å². The maximum atomic E-state index is 12.9. The molecule has 1 rings (SSSR count). The molecule has 5 nitrogen and oxygen atoms in total. The van der Waals surface area contributed by atoms with Gasteiger partial charge in [-0.3, -0.25) is 4.79 Å². The summed E-state index contributed by atoms with van der Waals surface area (Å²) >= 11 is 0. The van der Waals surface area contributed by atoms with Crippen LogP contribution in [0.1, 0.15) is 59.3 Å². The SMILES string of the molecule is CCN(C(=O)C1(C(N)=NO)CCCCCC1)C(C)C. The van der Waals surface area contributed by atoms with Gasteiger partial charge in [-0.25, -0.2) is 0 Å². The summed E-state index contributed by atoms with van der Waals surface area (Å²) in [6.07, 6.45) is 5.51. The summed E-state index contributed by atoms with van der Waals surface area (Å²) in [6, 6.07) is 0.129. The van der Waals surface area contributed by atoms with Crippen molar-refractivity contribution in [3.05, 3.63) is 0 Å². The van der Waals surface area contributed by atoms with E-state index in [1.165, 1.54) is 0 Å². The van der Waals surface area contributed by atoms with Crippen molar-refractivity contribution in [2.75, 3.05) is 6.54 Å². The number of amidine groups is 1. The highest BCUT2D eigenvalue weighted by Gasteiger charge is 2.45. The maximum absolute atomic E-state index is 12.9. The summed E-state index contributed by atoms with van der Waals surface area (Å²) < 4.78 is 0. The van der Waals surface area contributed by atoms with E-state index in [9.17, 15) is 4.79 Å². The summed E-state index contributed by atoms with van der Waals surface area (Å²) in [5, 5.41) is 12.2. The zero-order chi connectivity index (χ0) is 14.5. The largest absolute Gasteiger partial charge is 0.409 e. The Morgan fingerprint density at radius 3 is 2.21 bits per heavy atom. The van der Waals surface area contributed by atoms with Gasteiger partial charge in [-0.1, -0.05) is 30.8 Å². The highest BCUT2D eigenvalue weighted by atomic mass is 16.4. The number of rotatable bonds is 4. The predicted octanol–water partition coefficient (Wildman–Crippen LogP) is 2.33. The predicted molar refractivity (Wildman–Crippen MR) is 76.1 cm³/mol. The minimum absolute atomic E-state index is 0.0159. The zero-order valence-electron chi connectivity index (χ0n) is 12.4. The molecule has 0 spiro atoms. The van der Waals surface area contributed by atoms with Gasteiger partial charge in [0.05, 0.1) is 0 Å². The van der Waals surface area contributed by atoms with E-state index >= 15 is 0 Å². The summed E-state index contributed by atoms with van der Waals surface area (Å²) in [7, 11) is 0. The van der Waals surface area contributed by atoms with Crippen molar-refractivity contribution in [3.63, 3.8) is 0 Å². The van der Waals surface area contributed by atoms with Crippen LogP contribution in [0.2, 0.25) is 0 Å². The molecule has 1 amide bonds. The molecule has 0 bridgehead atoms. The van der Waals surface area contributed by atoms with Crippen LogP contribution in [-0.4, -0.2) is 34.4 Å². The highest BCUT2D eigenvalue weighted by molar-refractivity contribution is 6.06. The first-order valence-corrected chi connectivity index (χ1v) is 7.28. The summed E-state index contributed by atoms with van der Waals surface area (Å²) in [6.45, 7) is 6.61. The molecule has 0 heterocycles. The molecule has 1 saturated carbocycles. The van der Waals surface area contributed by atoms with Crippen LogP contribution in [-0.2, 0) is 4.79 Å². The molecule has 1 fully saturated rings. The van der Waals surface area contributed by atoms with Crippen LogP contribution in [0.4, 0.5) is 0 Å². The minimum atomic E-state index is -0.800. The second-order valence-corrected chi connectivity index (χ2v) is 5.67. The van der Waals surface area contributed by atoms with Crippen LogP contribution in [0.3, 0.4) is 0 Å². The molecule has 0 atom stereocenters. The van der Waals surface area contributed by atoms with Gasteiger partial charge in [0, 0.05) is 12.6 Å². The Morgan fingerprint density at radius 1 is 1.32 bits per heavy atom. The molecule has 0 aromatic carbocycles. The molecule has 5 heteroatoms. The lowest BCUT2D eigenvalue weighted by molar-refractivity contribution is -0.140. The molecular formula is C14H27N3O2. The summed E-state index contributed by atoms with van der Waals surface area (Å²) in [5.41, 5.74) is 5.10. The normalized spacial score (nSPS) is 20.1. The van der Waals surface area contributed by atoms with E-state index in [4.69, 9.17) is 10.9 Å². The van der Waals surface area contributed by atoms with Gasteiger partial charge in [0.1, 0.15) is 5.41 Å². The third kappa shape index (κ3) is 3.19. The van der Waals surface area contributed by atoms with E-state index in [2.05, 4.69) is 5.16 Å². The van der Waals surface area contributed by atoms with Crippen LogP contribution in [0.5, 0.6) is 0 Å². The second-order valence-electron chi connectivity index (χ2n) is 5.67. The second kappa shape index (κ2) is 6.78. The van der Waals surface area contributed by atoms with Crippen LogP contribution < -0.4 is 5.73 Å². The van der Waals surface area contributed by atoms with Crippen molar-refractivity contribution >= 4 is 11.7 Å². The fourth-order valence-corrected chi connectivity index (χ4v) is 3.03. The van der Waals surface area contributed by atoms with Crippen LogP contribution in [0.15, 0.2) is 5.16 Å². The van der Waals surface area contributed by atoms with E-state index < -0.39 is 5.41 Å². The van der Waals surface area contributed by atoms with Gasteiger partial charge in [0.2, 0.25) is 5.91 Å². The standard InChI is InChI=1S/C14H27N3O2/c1-4-17(11(2)3)13(18)14(12(15)16-19)9-7-5-6-8-10-14/h11,19H,4-10H2,1-3H3,(H2,15,16). The Labute approximate surface area is 115 Å². The highest BCUT2D eigenvalue weighted by Crippen LogP contribution is 2.37. The van der Waals surface area contributed by atoms with Crippen molar-refractivity contribution in [1.29, 1.82) is 0 Å². The fraction of sp³-hybridized carbons (Fsp3) is 0.857. The van der Waals surface area contributed by atoms with E-state index in [-0.39, 0.29) is 17.8 Å². The Kier molecular flexibility index (Phi) is 5.63. The van der Waals surface area contributed by atoms with Gasteiger partial charge in [-0.15, -0.1) is 0 Å². The first-order chi connectivity index (χ1) is 8.99. The third-order valence-corrected chi connectivity index (χ3v) is 4.19. The zero-order valence-corrected chi connectivity index (χ0v) is 12.4. The molecular weight excluding hydrogens is 242 g/mol. The maximum Gasteiger partial charge on any atom is 0.236 e. The summed E-state index contributed by atoms with van der Waals surface area (Å²) in [4.78, 5) is 14.7. The number of nitrogens with zero attached hydrogens (tertiary/aromatic N) is 2. The molecule has 19 heavy (non-hydrogen) atoms. The Morgan fingerprint density at radius 2 is 1.84 bits per heavy atom. The summed E-state index contributed by atoms with van der Waals surface area (Å²) in [5.74, 6) is 0.0979. The van der Waals surface area contributed by atoms with Gasteiger partial charge in [-0.05, 0) is 33.6 Å². The van der Waals surface area contributed by atoms with E-state index in [1.54, 1.807) is 0 Å². The molecule has 1 aliphatic rings. The van der Waals surface area contributed by atoms with Gasteiger partial charge in [-0.2, -0.15) is 0 Å². The van der Waals surface area contributed by atoms with Gasteiger partial charge in [0.25, 0.3) is 0 Å². The first kappa shape index (κ1) is 15.8. The molecule has 0 unspecified atom stereocenters. The van der Waals surface area contributed by atoms with Crippen molar-refractivity contribution in [2.45, 2.75) is 65.3 Å². The first-order valence-electron chi connectivity index (χ1n) is 7.28. The number of hydrogen-bond acceptors (Lipinski definition) is 3. The molecule has 110 valence electrons. The fourth-order valence-electron chi connectivity index (χ4n) is 3.03. The number of carbonyl (C=O) groups excluding carboxylic acids is 1. The van der Waals surface area contributed by atoms with Crippen molar-refractivity contribution < 1.29 is 10.0 Å². The number of oxime groups is 1. The Balaban J connectivity index is 3.12. The topological polar surface area (TPSA) is 78.9 Å². The van der Waals surface area contributed by atoms with Crippen LogP contribution in [0, 0.1) is 5.41 Å². The van der Waals surface area contributed by atoms with Crippen molar-refractivity contribution in [1.82, 2.24) is 4.90 Å². The third-order valence-electron chi connectivity index (χ3n) is 4.19. The average Bonchev–Trinajstić information content (AvgIpc) is 2.64. The lowest BCUT2D eigenvalue weighted by Crippen LogP contribution is -2.53. The quantitative estimate of drug-likeness (QED) is 0.270. The van der Waals surface area contributed by atoms with Crippen molar-refractivity contribution in [3.8, 4) is 0 Å². The lowest BCUT2D eigenvalue weighted by Gasteiger charge is -2.37. The molecule has 0 radical (unpaired) electrons. The van der Waals surface area contributed by atoms with Crippen LogP contribution >= 0.6 is 0 Å². The Hall–Kier alpha value is -1.26. The number of carbonyl (C=O) groups is 1. The molecule has 3 N–H and O–H groups in total. The number of amides is 1. The van der Waals surface area contributed by atoms with Gasteiger partial charge >= 0.3 is 0 Å². The number of nitrogens with two attached hydrogens (primary N) is 1. The van der Waals surface area contributed by atoms with E-state index in [1.807, 2.05) is 25.7 Å². The van der Waals surface area contributed by atoms with E-state index in [0.717, 1.165) is 25.7 Å². The molecule has 0 aromatic heterocycles. The molecule has 1 aliphatic carbocycles. The van der Waals surface area contributed by atoms with Gasteiger partial charge in [0.15, 0.2) is 5.84 Å². The van der Waals surface area contributed by atoms with Crippen LogP contribution in [0.25, 0.3) is 0 Å². The molecule has 0 saturated heterocycles. The van der Waals surface area contributed by atoms with Gasteiger partial charge < -0.3 is 15.8 Å². The minimum Gasteiger partial charge on any atom is -0.409 e. The molecule has 0 aromatic rings. The monoisotopic (exact) mass is 269 g/mol. The molecule has 0 aliphatic heterocycles. The number of hydrogen-bond donors (Lipinski definition) is 2. The lowest BCUT2D eigenvalue weighted by atomic mass is 9.77.